The first-order valence-electron chi connectivity index (χ1n) is 9.47. The van der Waals surface area contributed by atoms with E-state index < -0.39 is 18.2 Å². The molecular formula is C20H27F3N2O4. The van der Waals surface area contributed by atoms with Crippen LogP contribution in [0.15, 0.2) is 24.3 Å². The van der Waals surface area contributed by atoms with Crippen LogP contribution in [0.3, 0.4) is 0 Å². The lowest BCUT2D eigenvalue weighted by atomic mass is 9.84. The minimum atomic E-state index is -4.96. The molecule has 9 heteroatoms. The molecule has 1 aliphatic rings. The van der Waals surface area contributed by atoms with Gasteiger partial charge in [-0.25, -0.2) is 0 Å². The molecule has 6 nitrogen and oxygen atoms in total. The standard InChI is InChI=1S/C20H27F3N2O4/c1-13-12-25(19(28)17(26)20(21,22)23)11-9-14(13)8-10-24(2)18(27)15-4-6-16(29-3)7-5-15/h4-7,13-14,17,26H,8-12H2,1-3H3/t13-,14+,17-/m1/s1. The molecule has 0 saturated carbocycles. The summed E-state index contributed by atoms with van der Waals surface area (Å²) < 4.78 is 42.7. The summed E-state index contributed by atoms with van der Waals surface area (Å²) in [7, 11) is 3.25. The minimum Gasteiger partial charge on any atom is -0.497 e. The van der Waals surface area contributed by atoms with Crippen LogP contribution < -0.4 is 4.74 Å². The molecule has 1 heterocycles. The van der Waals surface area contributed by atoms with Gasteiger partial charge in [0.15, 0.2) is 0 Å². The highest BCUT2D eigenvalue weighted by molar-refractivity contribution is 5.94. The van der Waals surface area contributed by atoms with Crippen LogP contribution in [0.25, 0.3) is 0 Å². The maximum Gasteiger partial charge on any atom is 0.423 e. The second-order valence-electron chi connectivity index (χ2n) is 7.50. The number of hydrogen-bond acceptors (Lipinski definition) is 4. The van der Waals surface area contributed by atoms with E-state index in [0.717, 1.165) is 4.90 Å². The van der Waals surface area contributed by atoms with Crippen molar-refractivity contribution in [3.63, 3.8) is 0 Å². The number of halogens is 3. The number of rotatable bonds is 6. The van der Waals surface area contributed by atoms with Gasteiger partial charge in [-0.1, -0.05) is 6.92 Å². The smallest absolute Gasteiger partial charge is 0.423 e. The van der Waals surface area contributed by atoms with E-state index in [-0.39, 0.29) is 30.8 Å². The molecular weight excluding hydrogens is 389 g/mol. The number of carbonyl (C=O) groups is 2. The number of aliphatic hydroxyl groups excluding tert-OH is 1. The van der Waals surface area contributed by atoms with Gasteiger partial charge >= 0.3 is 6.18 Å². The average Bonchev–Trinajstić information content (AvgIpc) is 2.70. The summed E-state index contributed by atoms with van der Waals surface area (Å²) >= 11 is 0. The third-order valence-electron chi connectivity index (χ3n) is 5.46. The Morgan fingerprint density at radius 3 is 2.45 bits per heavy atom. The topological polar surface area (TPSA) is 70.1 Å². The first-order chi connectivity index (χ1) is 13.5. The predicted octanol–water partition coefficient (Wildman–Crippen LogP) is 2.57. The number of methoxy groups -OCH3 is 1. The fourth-order valence-electron chi connectivity index (χ4n) is 3.55. The Hall–Kier alpha value is -2.29. The van der Waals surface area contributed by atoms with Crippen LogP contribution in [-0.2, 0) is 4.79 Å². The second kappa shape index (κ2) is 9.47. The van der Waals surface area contributed by atoms with Crippen molar-refractivity contribution in [3.8, 4) is 5.75 Å². The lowest BCUT2D eigenvalue weighted by molar-refractivity contribution is -0.211. The van der Waals surface area contributed by atoms with Crippen LogP contribution in [0, 0.1) is 11.8 Å². The largest absolute Gasteiger partial charge is 0.497 e. The SMILES string of the molecule is COc1ccc(C(=O)N(C)CC[C@H]2CCN(C(=O)[C@@H](O)C(F)(F)F)C[C@H]2C)cc1. The molecule has 1 aromatic carbocycles. The highest BCUT2D eigenvalue weighted by atomic mass is 19.4. The Morgan fingerprint density at radius 2 is 1.93 bits per heavy atom. The maximum atomic E-state index is 12.6. The molecule has 0 spiro atoms. The van der Waals surface area contributed by atoms with Crippen LogP contribution in [-0.4, -0.2) is 72.8 Å². The van der Waals surface area contributed by atoms with Crippen LogP contribution in [0.1, 0.15) is 30.1 Å². The van der Waals surface area contributed by atoms with Crippen LogP contribution in [0.2, 0.25) is 0 Å². The molecule has 0 aromatic heterocycles. The molecule has 0 unspecified atom stereocenters. The molecule has 29 heavy (non-hydrogen) atoms. The van der Waals surface area contributed by atoms with Gasteiger partial charge < -0.3 is 19.6 Å². The Labute approximate surface area is 168 Å². The number of aliphatic hydroxyl groups is 1. The van der Waals surface area contributed by atoms with Gasteiger partial charge in [-0.15, -0.1) is 0 Å². The Bertz CT molecular complexity index is 709. The minimum absolute atomic E-state index is 0.0300. The average molecular weight is 416 g/mol. The quantitative estimate of drug-likeness (QED) is 0.774. The second-order valence-corrected chi connectivity index (χ2v) is 7.50. The van der Waals surface area contributed by atoms with Crippen molar-refractivity contribution in [1.29, 1.82) is 0 Å². The van der Waals surface area contributed by atoms with E-state index in [9.17, 15) is 22.8 Å². The highest BCUT2D eigenvalue weighted by Gasteiger charge is 2.46. The highest BCUT2D eigenvalue weighted by Crippen LogP contribution is 2.29. The van der Waals surface area contributed by atoms with Gasteiger partial charge in [-0.05, 0) is 48.9 Å². The van der Waals surface area contributed by atoms with E-state index in [0.29, 0.717) is 30.7 Å². The van der Waals surface area contributed by atoms with Gasteiger partial charge in [0.05, 0.1) is 7.11 Å². The third kappa shape index (κ3) is 5.85. The first kappa shape index (κ1) is 23.0. The summed E-state index contributed by atoms with van der Waals surface area (Å²) in [5.41, 5.74) is 0.544. The Kier molecular flexibility index (Phi) is 7.51. The lowest BCUT2D eigenvalue weighted by Gasteiger charge is -2.38. The fourth-order valence-corrected chi connectivity index (χ4v) is 3.55. The number of piperidine rings is 1. The van der Waals surface area contributed by atoms with Crippen molar-refractivity contribution >= 4 is 11.8 Å². The van der Waals surface area contributed by atoms with Crippen LogP contribution >= 0.6 is 0 Å². The van der Waals surface area contributed by atoms with E-state index in [1.165, 1.54) is 0 Å². The van der Waals surface area contributed by atoms with Gasteiger partial charge in [-0.2, -0.15) is 13.2 Å². The zero-order valence-electron chi connectivity index (χ0n) is 16.8. The molecule has 2 amide bonds. The summed E-state index contributed by atoms with van der Waals surface area (Å²) in [4.78, 5) is 27.0. The molecule has 0 bridgehead atoms. The van der Waals surface area contributed by atoms with Gasteiger partial charge in [-0.3, -0.25) is 9.59 Å². The number of alkyl halides is 3. The number of carbonyl (C=O) groups excluding carboxylic acids is 2. The van der Waals surface area contributed by atoms with Crippen molar-refractivity contribution in [2.45, 2.75) is 32.0 Å². The van der Waals surface area contributed by atoms with Crippen molar-refractivity contribution in [3.05, 3.63) is 29.8 Å². The molecule has 0 radical (unpaired) electrons. The van der Waals surface area contributed by atoms with E-state index in [1.807, 2.05) is 6.92 Å². The number of nitrogens with zero attached hydrogens (tertiary/aromatic N) is 2. The molecule has 1 saturated heterocycles. The monoisotopic (exact) mass is 416 g/mol. The number of likely N-dealkylation sites (tertiary alicyclic amines) is 1. The molecule has 0 aliphatic carbocycles. The molecule has 3 atom stereocenters. The van der Waals surface area contributed by atoms with E-state index >= 15 is 0 Å². The summed E-state index contributed by atoms with van der Waals surface area (Å²) in [6, 6.07) is 6.81. The summed E-state index contributed by atoms with van der Waals surface area (Å²) in [5, 5.41) is 9.17. The van der Waals surface area contributed by atoms with Crippen LogP contribution in [0.4, 0.5) is 13.2 Å². The number of hydrogen-bond donors (Lipinski definition) is 1. The van der Waals surface area contributed by atoms with Crippen molar-refractivity contribution in [2.24, 2.45) is 11.8 Å². The zero-order chi connectivity index (χ0) is 21.8. The van der Waals surface area contributed by atoms with E-state index in [1.54, 1.807) is 43.3 Å². The molecule has 1 fully saturated rings. The summed E-state index contributed by atoms with van der Waals surface area (Å²) in [5.74, 6) is -0.614. The number of benzene rings is 1. The Morgan fingerprint density at radius 1 is 1.31 bits per heavy atom. The van der Waals surface area contributed by atoms with Gasteiger partial charge in [0, 0.05) is 32.2 Å². The summed E-state index contributed by atoms with van der Waals surface area (Å²) in [6.07, 6.45) is -6.72. The molecule has 1 aliphatic heterocycles. The zero-order valence-corrected chi connectivity index (χ0v) is 16.8. The lowest BCUT2D eigenvalue weighted by Crippen LogP contribution is -2.51. The summed E-state index contributed by atoms with van der Waals surface area (Å²) in [6.45, 7) is 2.69. The van der Waals surface area contributed by atoms with Gasteiger partial charge in [0.1, 0.15) is 5.75 Å². The Balaban J connectivity index is 1.85. The van der Waals surface area contributed by atoms with E-state index in [2.05, 4.69) is 0 Å². The molecule has 1 N–H and O–H groups in total. The number of amides is 2. The van der Waals surface area contributed by atoms with Gasteiger partial charge in [0.2, 0.25) is 6.10 Å². The molecule has 1 aromatic rings. The molecule has 2 rings (SSSR count). The fraction of sp³-hybridized carbons (Fsp3) is 0.600. The number of ether oxygens (including phenoxy) is 1. The normalized spacial score (nSPS) is 20.9. The van der Waals surface area contributed by atoms with Crippen molar-refractivity contribution < 1.29 is 32.6 Å². The van der Waals surface area contributed by atoms with Crippen molar-refractivity contribution in [1.82, 2.24) is 9.80 Å². The predicted molar refractivity (Wildman–Crippen MR) is 100 cm³/mol. The maximum absolute atomic E-state index is 12.6. The third-order valence-corrected chi connectivity index (χ3v) is 5.46. The molecule has 162 valence electrons. The van der Waals surface area contributed by atoms with E-state index in [4.69, 9.17) is 9.84 Å². The van der Waals surface area contributed by atoms with Crippen LogP contribution in [0.5, 0.6) is 5.75 Å². The van der Waals surface area contributed by atoms with Crippen molar-refractivity contribution in [2.75, 3.05) is 33.8 Å². The van der Waals surface area contributed by atoms with Gasteiger partial charge in [0.25, 0.3) is 11.8 Å². The first-order valence-corrected chi connectivity index (χ1v) is 9.47.